The maximum Gasteiger partial charge on any atom is 0.326 e. The van der Waals surface area contributed by atoms with Crippen molar-refractivity contribution in [3.05, 3.63) is 0 Å². The smallest absolute Gasteiger partial charge is 0.326 e. The van der Waals surface area contributed by atoms with Crippen LogP contribution in [0, 0.1) is 0 Å². The molecule has 106 valence electrons. The second kappa shape index (κ2) is 7.10. The average molecular weight is 256 g/mol. The third-order valence-electron chi connectivity index (χ3n) is 3.96. The van der Waals surface area contributed by atoms with E-state index in [1.54, 1.807) is 0 Å². The molecule has 1 saturated carbocycles. The number of rotatable bonds is 8. The molecule has 4 nitrogen and oxygen atoms in total. The van der Waals surface area contributed by atoms with Crippen molar-refractivity contribution >= 4 is 5.97 Å². The lowest BCUT2D eigenvalue weighted by Crippen LogP contribution is -2.52. The maximum absolute atomic E-state index is 12.0. The zero-order valence-corrected chi connectivity index (χ0v) is 12.3. The van der Waals surface area contributed by atoms with E-state index >= 15 is 0 Å². The van der Waals surface area contributed by atoms with Gasteiger partial charge in [-0.3, -0.25) is 4.79 Å². The van der Waals surface area contributed by atoms with E-state index in [0.717, 1.165) is 25.6 Å². The first kappa shape index (κ1) is 15.4. The predicted octanol–water partition coefficient (Wildman–Crippen LogP) is 1.79. The van der Waals surface area contributed by atoms with Crippen LogP contribution < -0.4 is 5.32 Å². The molecule has 18 heavy (non-hydrogen) atoms. The van der Waals surface area contributed by atoms with Crippen LogP contribution in [0.15, 0.2) is 0 Å². The zero-order valence-electron chi connectivity index (χ0n) is 12.3. The van der Waals surface area contributed by atoms with Gasteiger partial charge in [-0.15, -0.1) is 0 Å². The fourth-order valence-corrected chi connectivity index (χ4v) is 2.35. The molecule has 0 saturated heterocycles. The Morgan fingerprint density at radius 1 is 1.44 bits per heavy atom. The summed E-state index contributed by atoms with van der Waals surface area (Å²) in [7, 11) is 2.15. The summed E-state index contributed by atoms with van der Waals surface area (Å²) < 4.78 is 5.17. The first-order valence-electron chi connectivity index (χ1n) is 7.16. The van der Waals surface area contributed by atoms with Crippen LogP contribution >= 0.6 is 0 Å². The number of esters is 1. The number of hydrogen-bond donors (Lipinski definition) is 1. The van der Waals surface area contributed by atoms with Gasteiger partial charge in [-0.2, -0.15) is 0 Å². The summed E-state index contributed by atoms with van der Waals surface area (Å²) in [6.45, 7) is 7.98. The van der Waals surface area contributed by atoms with Crippen LogP contribution in [0.3, 0.4) is 0 Å². The Morgan fingerprint density at radius 2 is 2.11 bits per heavy atom. The van der Waals surface area contributed by atoms with Crippen molar-refractivity contribution in [3.8, 4) is 0 Å². The summed E-state index contributed by atoms with van der Waals surface area (Å²) in [5, 5.41) is 3.27. The maximum atomic E-state index is 12.0. The summed E-state index contributed by atoms with van der Waals surface area (Å²) >= 11 is 0. The molecule has 0 aromatic carbocycles. The third kappa shape index (κ3) is 3.95. The molecule has 0 aromatic heterocycles. The van der Waals surface area contributed by atoms with Crippen LogP contribution in [0.4, 0.5) is 0 Å². The van der Waals surface area contributed by atoms with Crippen LogP contribution in [-0.2, 0) is 9.53 Å². The number of carbonyl (C=O) groups excluding carboxylic acids is 1. The van der Waals surface area contributed by atoms with Gasteiger partial charge in [0.2, 0.25) is 0 Å². The SMILES string of the molecule is CCNC(C)(CCN(C)C1CCC1)C(=O)OCC. The second-order valence-corrected chi connectivity index (χ2v) is 5.40. The van der Waals surface area contributed by atoms with Crippen LogP contribution in [0.25, 0.3) is 0 Å². The van der Waals surface area contributed by atoms with Gasteiger partial charge >= 0.3 is 5.97 Å². The number of nitrogens with zero attached hydrogens (tertiary/aromatic N) is 1. The Kier molecular flexibility index (Phi) is 6.09. The summed E-state index contributed by atoms with van der Waals surface area (Å²) in [5.74, 6) is -0.131. The van der Waals surface area contributed by atoms with E-state index in [4.69, 9.17) is 4.74 Å². The van der Waals surface area contributed by atoms with E-state index < -0.39 is 5.54 Å². The monoisotopic (exact) mass is 256 g/mol. The van der Waals surface area contributed by atoms with Gasteiger partial charge in [0.15, 0.2) is 0 Å². The van der Waals surface area contributed by atoms with E-state index in [0.29, 0.717) is 6.61 Å². The molecular weight excluding hydrogens is 228 g/mol. The minimum absolute atomic E-state index is 0.131. The van der Waals surface area contributed by atoms with Crippen molar-refractivity contribution in [2.75, 3.05) is 26.7 Å². The summed E-state index contributed by atoms with van der Waals surface area (Å²) in [6, 6.07) is 0.720. The van der Waals surface area contributed by atoms with Crippen LogP contribution in [0.5, 0.6) is 0 Å². The van der Waals surface area contributed by atoms with Gasteiger partial charge in [0.1, 0.15) is 5.54 Å². The molecule has 0 heterocycles. The molecule has 1 rings (SSSR count). The Morgan fingerprint density at radius 3 is 2.56 bits per heavy atom. The lowest BCUT2D eigenvalue weighted by molar-refractivity contribution is -0.151. The number of likely N-dealkylation sites (N-methyl/N-ethyl adjacent to an activating group) is 1. The minimum Gasteiger partial charge on any atom is -0.465 e. The van der Waals surface area contributed by atoms with Crippen molar-refractivity contribution < 1.29 is 9.53 Å². The summed E-state index contributed by atoms with van der Waals surface area (Å²) in [5.41, 5.74) is -0.553. The highest BCUT2D eigenvalue weighted by molar-refractivity contribution is 5.80. The highest BCUT2D eigenvalue weighted by Gasteiger charge is 2.34. The molecule has 0 radical (unpaired) electrons. The largest absolute Gasteiger partial charge is 0.465 e. The third-order valence-corrected chi connectivity index (χ3v) is 3.96. The first-order valence-corrected chi connectivity index (χ1v) is 7.16. The Labute approximate surface area is 111 Å². The van der Waals surface area contributed by atoms with Gasteiger partial charge < -0.3 is 15.0 Å². The number of carbonyl (C=O) groups is 1. The van der Waals surface area contributed by atoms with Crippen molar-refractivity contribution in [1.29, 1.82) is 0 Å². The van der Waals surface area contributed by atoms with E-state index in [1.807, 2.05) is 20.8 Å². The Bertz CT molecular complexity index is 267. The lowest BCUT2D eigenvalue weighted by atomic mass is 9.90. The number of hydrogen-bond acceptors (Lipinski definition) is 4. The van der Waals surface area contributed by atoms with Crippen molar-refractivity contribution in [1.82, 2.24) is 10.2 Å². The van der Waals surface area contributed by atoms with Crippen molar-refractivity contribution in [2.24, 2.45) is 0 Å². The molecule has 0 spiro atoms. The normalized spacial score (nSPS) is 19.4. The van der Waals surface area contributed by atoms with Gasteiger partial charge in [0.05, 0.1) is 6.61 Å². The molecule has 1 aliphatic rings. The van der Waals surface area contributed by atoms with Crippen LogP contribution in [0.2, 0.25) is 0 Å². The second-order valence-electron chi connectivity index (χ2n) is 5.40. The minimum atomic E-state index is -0.553. The Balaban J connectivity index is 2.47. The molecular formula is C14H28N2O2. The molecule has 0 amide bonds. The van der Waals surface area contributed by atoms with Gasteiger partial charge in [0.25, 0.3) is 0 Å². The summed E-state index contributed by atoms with van der Waals surface area (Å²) in [6.07, 6.45) is 4.74. The number of nitrogens with one attached hydrogen (secondary N) is 1. The highest BCUT2D eigenvalue weighted by atomic mass is 16.5. The molecule has 1 fully saturated rings. The van der Waals surface area contributed by atoms with Gasteiger partial charge in [-0.25, -0.2) is 0 Å². The van der Waals surface area contributed by atoms with Gasteiger partial charge in [-0.1, -0.05) is 13.3 Å². The summed E-state index contributed by atoms with van der Waals surface area (Å²) in [4.78, 5) is 14.4. The molecule has 0 aliphatic heterocycles. The molecule has 0 aromatic rings. The van der Waals surface area contributed by atoms with E-state index in [2.05, 4.69) is 17.3 Å². The van der Waals surface area contributed by atoms with Crippen LogP contribution in [-0.4, -0.2) is 49.2 Å². The average Bonchev–Trinajstić information content (AvgIpc) is 2.25. The number of ether oxygens (including phenoxy) is 1. The van der Waals surface area contributed by atoms with E-state index in [1.165, 1.54) is 19.3 Å². The highest BCUT2D eigenvalue weighted by Crippen LogP contribution is 2.24. The van der Waals surface area contributed by atoms with E-state index in [9.17, 15) is 4.79 Å². The molecule has 4 heteroatoms. The van der Waals surface area contributed by atoms with Crippen molar-refractivity contribution in [2.45, 2.75) is 58.0 Å². The van der Waals surface area contributed by atoms with Gasteiger partial charge in [-0.05, 0) is 46.7 Å². The molecule has 1 aliphatic carbocycles. The quantitative estimate of drug-likeness (QED) is 0.672. The van der Waals surface area contributed by atoms with Crippen LogP contribution in [0.1, 0.15) is 46.5 Å². The van der Waals surface area contributed by atoms with Gasteiger partial charge in [0, 0.05) is 12.6 Å². The molecule has 1 atom stereocenters. The first-order chi connectivity index (χ1) is 8.53. The van der Waals surface area contributed by atoms with Crippen molar-refractivity contribution in [3.63, 3.8) is 0 Å². The molecule has 1 unspecified atom stereocenters. The standard InChI is InChI=1S/C14H28N2O2/c1-5-15-14(3,13(17)18-6-2)10-11-16(4)12-8-7-9-12/h12,15H,5-11H2,1-4H3. The predicted molar refractivity (Wildman–Crippen MR) is 73.6 cm³/mol. The Hall–Kier alpha value is -0.610. The molecule has 0 bridgehead atoms. The zero-order chi connectivity index (χ0) is 13.6. The fraction of sp³-hybridized carbons (Fsp3) is 0.929. The van der Waals surface area contributed by atoms with E-state index in [-0.39, 0.29) is 5.97 Å². The fourth-order valence-electron chi connectivity index (χ4n) is 2.35. The lowest BCUT2D eigenvalue weighted by Gasteiger charge is -2.37. The topological polar surface area (TPSA) is 41.6 Å². The molecule has 1 N–H and O–H groups in total.